The minimum absolute atomic E-state index is 0.186. The van der Waals surface area contributed by atoms with E-state index in [9.17, 15) is 5.11 Å². The van der Waals surface area contributed by atoms with Gasteiger partial charge < -0.3 is 14.6 Å². The van der Waals surface area contributed by atoms with Crippen LogP contribution in [0.25, 0.3) is 0 Å². The van der Waals surface area contributed by atoms with Crippen LogP contribution in [0.3, 0.4) is 0 Å². The molecule has 1 aromatic carbocycles. The quantitative estimate of drug-likeness (QED) is 0.744. The van der Waals surface area contributed by atoms with Gasteiger partial charge in [0.2, 0.25) is 0 Å². The minimum Gasteiger partial charge on any atom is -0.491 e. The number of aliphatic hydroxyl groups is 1. The second kappa shape index (κ2) is 7.49. The fourth-order valence-electron chi connectivity index (χ4n) is 1.21. The van der Waals surface area contributed by atoms with Gasteiger partial charge in [0, 0.05) is 7.11 Å². The van der Waals surface area contributed by atoms with Crippen LogP contribution in [0.2, 0.25) is 0 Å². The third kappa shape index (κ3) is 4.84. The van der Waals surface area contributed by atoms with Gasteiger partial charge in [0.05, 0.1) is 12.5 Å². The molecule has 1 unspecified atom stereocenters. The number of hydrogen-bond acceptors (Lipinski definition) is 3. The van der Waals surface area contributed by atoms with Gasteiger partial charge >= 0.3 is 0 Å². The van der Waals surface area contributed by atoms with E-state index in [-0.39, 0.29) is 12.5 Å². The number of alkyl halides is 1. The molecule has 1 atom stereocenters. The standard InChI is InChI=1S/C12H17ClO3/c1-15-7-6-10-2-4-12(5-3-10)16-9-11(14)8-13/h2-5,11,14H,6-9H2,1H3. The average molecular weight is 245 g/mol. The van der Waals surface area contributed by atoms with Crippen LogP contribution in [-0.2, 0) is 11.2 Å². The molecule has 1 aromatic rings. The van der Waals surface area contributed by atoms with Crippen molar-refractivity contribution in [2.45, 2.75) is 12.5 Å². The van der Waals surface area contributed by atoms with Crippen molar-refractivity contribution in [3.8, 4) is 5.75 Å². The van der Waals surface area contributed by atoms with E-state index in [1.165, 1.54) is 5.56 Å². The lowest BCUT2D eigenvalue weighted by Crippen LogP contribution is -2.18. The van der Waals surface area contributed by atoms with Crippen molar-refractivity contribution in [3.63, 3.8) is 0 Å². The summed E-state index contributed by atoms with van der Waals surface area (Å²) in [7, 11) is 1.69. The predicted octanol–water partition coefficient (Wildman–Crippen LogP) is 1.85. The first kappa shape index (κ1) is 13.3. The third-order valence-corrected chi connectivity index (χ3v) is 2.49. The topological polar surface area (TPSA) is 38.7 Å². The number of halogens is 1. The maximum absolute atomic E-state index is 9.22. The van der Waals surface area contributed by atoms with Crippen LogP contribution in [0.15, 0.2) is 24.3 Å². The first-order chi connectivity index (χ1) is 7.76. The molecule has 0 amide bonds. The van der Waals surface area contributed by atoms with Crippen molar-refractivity contribution in [1.82, 2.24) is 0 Å². The molecule has 0 aliphatic carbocycles. The molecule has 0 aliphatic heterocycles. The molecule has 0 aliphatic rings. The number of ether oxygens (including phenoxy) is 2. The largest absolute Gasteiger partial charge is 0.491 e. The molecule has 0 bridgehead atoms. The first-order valence-electron chi connectivity index (χ1n) is 5.21. The van der Waals surface area contributed by atoms with Gasteiger partial charge in [-0.1, -0.05) is 12.1 Å². The molecule has 16 heavy (non-hydrogen) atoms. The van der Waals surface area contributed by atoms with E-state index in [4.69, 9.17) is 21.1 Å². The fraction of sp³-hybridized carbons (Fsp3) is 0.500. The van der Waals surface area contributed by atoms with Gasteiger partial charge in [-0.3, -0.25) is 0 Å². The van der Waals surface area contributed by atoms with Crippen LogP contribution in [-0.4, -0.2) is 37.4 Å². The molecular formula is C12H17ClO3. The highest BCUT2D eigenvalue weighted by atomic mass is 35.5. The van der Waals surface area contributed by atoms with Gasteiger partial charge in [-0.15, -0.1) is 11.6 Å². The number of hydrogen-bond donors (Lipinski definition) is 1. The summed E-state index contributed by atoms with van der Waals surface area (Å²) in [4.78, 5) is 0. The number of benzene rings is 1. The van der Waals surface area contributed by atoms with Crippen molar-refractivity contribution >= 4 is 11.6 Å². The highest BCUT2D eigenvalue weighted by molar-refractivity contribution is 6.18. The van der Waals surface area contributed by atoms with Crippen LogP contribution >= 0.6 is 11.6 Å². The van der Waals surface area contributed by atoms with Crippen molar-refractivity contribution in [1.29, 1.82) is 0 Å². The van der Waals surface area contributed by atoms with E-state index >= 15 is 0 Å². The highest BCUT2D eigenvalue weighted by Crippen LogP contribution is 2.13. The Balaban J connectivity index is 2.38. The molecule has 0 spiro atoms. The van der Waals surface area contributed by atoms with Crippen molar-refractivity contribution in [2.24, 2.45) is 0 Å². The lowest BCUT2D eigenvalue weighted by atomic mass is 10.1. The van der Waals surface area contributed by atoms with Gasteiger partial charge in [-0.05, 0) is 24.1 Å². The van der Waals surface area contributed by atoms with Gasteiger partial charge in [-0.2, -0.15) is 0 Å². The molecule has 4 heteroatoms. The Morgan fingerprint density at radius 3 is 2.56 bits per heavy atom. The van der Waals surface area contributed by atoms with Crippen LogP contribution in [0.1, 0.15) is 5.56 Å². The van der Waals surface area contributed by atoms with E-state index in [0.717, 1.165) is 12.2 Å². The Kier molecular flexibility index (Phi) is 6.23. The van der Waals surface area contributed by atoms with Crippen LogP contribution in [0.4, 0.5) is 0 Å². The molecule has 1 rings (SSSR count). The normalized spacial score (nSPS) is 12.4. The Morgan fingerprint density at radius 1 is 1.31 bits per heavy atom. The maximum atomic E-state index is 9.22. The molecular weight excluding hydrogens is 228 g/mol. The number of rotatable bonds is 7. The number of aliphatic hydroxyl groups excluding tert-OH is 1. The monoisotopic (exact) mass is 244 g/mol. The summed E-state index contributed by atoms with van der Waals surface area (Å²) in [5.74, 6) is 0.927. The van der Waals surface area contributed by atoms with Gasteiger partial charge in [0.25, 0.3) is 0 Å². The molecule has 0 saturated heterocycles. The molecule has 0 saturated carbocycles. The number of methoxy groups -OCH3 is 1. The summed E-state index contributed by atoms with van der Waals surface area (Å²) < 4.78 is 10.3. The second-order valence-corrected chi connectivity index (χ2v) is 3.81. The summed E-state index contributed by atoms with van der Waals surface area (Å²) in [6, 6.07) is 7.74. The van der Waals surface area contributed by atoms with Gasteiger partial charge in [0.15, 0.2) is 0 Å². The van der Waals surface area contributed by atoms with Crippen molar-refractivity contribution in [3.05, 3.63) is 29.8 Å². The summed E-state index contributed by atoms with van der Waals surface area (Å²) in [6.45, 7) is 0.937. The summed E-state index contributed by atoms with van der Waals surface area (Å²) in [6.07, 6.45) is 0.274. The van der Waals surface area contributed by atoms with Gasteiger partial charge in [-0.25, -0.2) is 0 Å². The van der Waals surface area contributed by atoms with E-state index < -0.39 is 6.10 Å². The van der Waals surface area contributed by atoms with Crippen LogP contribution in [0, 0.1) is 0 Å². The molecule has 0 fully saturated rings. The van der Waals surface area contributed by atoms with E-state index in [1.807, 2.05) is 24.3 Å². The first-order valence-corrected chi connectivity index (χ1v) is 5.74. The Labute approximate surface area is 101 Å². The molecule has 0 aromatic heterocycles. The summed E-state index contributed by atoms with van der Waals surface area (Å²) in [5.41, 5.74) is 1.20. The zero-order valence-electron chi connectivity index (χ0n) is 9.36. The highest BCUT2D eigenvalue weighted by Gasteiger charge is 2.02. The van der Waals surface area contributed by atoms with Crippen LogP contribution in [0.5, 0.6) is 5.75 Å². The molecule has 3 nitrogen and oxygen atoms in total. The van der Waals surface area contributed by atoms with Crippen molar-refractivity contribution in [2.75, 3.05) is 26.2 Å². The smallest absolute Gasteiger partial charge is 0.119 e. The zero-order chi connectivity index (χ0) is 11.8. The molecule has 0 radical (unpaired) electrons. The molecule has 90 valence electrons. The fourth-order valence-corrected chi connectivity index (χ4v) is 1.30. The van der Waals surface area contributed by atoms with Crippen LogP contribution < -0.4 is 4.74 Å². The Bertz CT molecular complexity index is 287. The maximum Gasteiger partial charge on any atom is 0.119 e. The van der Waals surface area contributed by atoms with Gasteiger partial charge in [0.1, 0.15) is 18.5 Å². The lowest BCUT2D eigenvalue weighted by Gasteiger charge is -2.10. The van der Waals surface area contributed by atoms with E-state index in [1.54, 1.807) is 7.11 Å². The van der Waals surface area contributed by atoms with Crippen molar-refractivity contribution < 1.29 is 14.6 Å². The lowest BCUT2D eigenvalue weighted by molar-refractivity contribution is 0.125. The third-order valence-electron chi connectivity index (χ3n) is 2.14. The average Bonchev–Trinajstić information content (AvgIpc) is 2.34. The minimum atomic E-state index is -0.616. The zero-order valence-corrected chi connectivity index (χ0v) is 10.1. The van der Waals surface area contributed by atoms with E-state index in [0.29, 0.717) is 6.61 Å². The molecule has 0 heterocycles. The predicted molar refractivity (Wildman–Crippen MR) is 64.2 cm³/mol. The Morgan fingerprint density at radius 2 is 2.00 bits per heavy atom. The SMILES string of the molecule is COCCc1ccc(OCC(O)CCl)cc1. The summed E-state index contributed by atoms with van der Waals surface area (Å²) >= 11 is 5.46. The second-order valence-electron chi connectivity index (χ2n) is 3.51. The summed E-state index contributed by atoms with van der Waals surface area (Å²) in [5, 5.41) is 9.22. The Hall–Kier alpha value is -0.770. The molecule has 1 N–H and O–H groups in total. The van der Waals surface area contributed by atoms with E-state index in [2.05, 4.69) is 0 Å².